The first-order chi connectivity index (χ1) is 32.4. The minimum absolute atomic E-state index is 0.187. The molecule has 328 valence electrons. The Balaban J connectivity index is 1.20. The van der Waals surface area contributed by atoms with E-state index in [2.05, 4.69) is 0 Å². The van der Waals surface area contributed by atoms with Crippen molar-refractivity contribution in [2.24, 2.45) is 9.98 Å². The quantitative estimate of drug-likeness (QED) is 0.119. The van der Waals surface area contributed by atoms with Crippen molar-refractivity contribution in [2.75, 3.05) is 14.2 Å². The summed E-state index contributed by atoms with van der Waals surface area (Å²) in [5, 5.41) is 24.6. The Morgan fingerprint density at radius 1 is 0.409 bits per heavy atom. The Hall–Kier alpha value is -8.10. The molecule has 8 heteroatoms. The zero-order valence-electron chi connectivity index (χ0n) is 37.0. The second-order valence-electron chi connectivity index (χ2n) is 16.4. The highest BCUT2D eigenvalue weighted by Crippen LogP contribution is 2.41. The molecule has 0 radical (unpaired) electrons. The van der Waals surface area contributed by atoms with Crippen molar-refractivity contribution < 1.29 is 29.2 Å². The number of aliphatic imine (C=N–C) groups is 2. The van der Waals surface area contributed by atoms with Crippen LogP contribution in [0.25, 0.3) is 0 Å². The molecule has 0 heterocycles. The summed E-state index contributed by atoms with van der Waals surface area (Å²) >= 11 is 0. The van der Waals surface area contributed by atoms with Crippen molar-refractivity contribution in [1.29, 1.82) is 0 Å². The fraction of sp³-hybridized carbons (Fsp3) is 0.138. The molecule has 9 rings (SSSR count). The highest BCUT2D eigenvalue weighted by molar-refractivity contribution is 5.83. The minimum atomic E-state index is 0.187. The van der Waals surface area contributed by atoms with Gasteiger partial charge in [0, 0.05) is 60.4 Å². The lowest BCUT2D eigenvalue weighted by Gasteiger charge is -2.21. The third-order valence-electron chi connectivity index (χ3n) is 11.8. The van der Waals surface area contributed by atoms with Gasteiger partial charge in [0.25, 0.3) is 0 Å². The second-order valence-corrected chi connectivity index (χ2v) is 16.4. The summed E-state index contributed by atoms with van der Waals surface area (Å²) in [5.74, 6) is 3.29. The molecule has 0 spiro atoms. The van der Waals surface area contributed by atoms with E-state index in [4.69, 9.17) is 28.9 Å². The molecule has 0 saturated carbocycles. The molecule has 8 aromatic rings. The van der Waals surface area contributed by atoms with Crippen LogP contribution < -0.4 is 18.9 Å². The topological polar surface area (TPSA) is 102 Å². The largest absolute Gasteiger partial charge is 0.507 e. The van der Waals surface area contributed by atoms with E-state index in [1.807, 2.05) is 182 Å². The fourth-order valence-corrected chi connectivity index (χ4v) is 8.33. The molecule has 0 unspecified atom stereocenters. The van der Waals surface area contributed by atoms with E-state index in [-0.39, 0.29) is 11.5 Å². The van der Waals surface area contributed by atoms with Gasteiger partial charge in [-0.2, -0.15) is 0 Å². The van der Waals surface area contributed by atoms with Gasteiger partial charge < -0.3 is 29.2 Å². The molecular formula is C58H50N2O6. The number of aromatic hydroxyl groups is 2. The van der Waals surface area contributed by atoms with Gasteiger partial charge in [-0.3, -0.25) is 9.98 Å². The summed E-state index contributed by atoms with van der Waals surface area (Å²) in [5.41, 5.74) is 11.6. The van der Waals surface area contributed by atoms with Crippen molar-refractivity contribution in [3.63, 3.8) is 0 Å². The van der Waals surface area contributed by atoms with Crippen LogP contribution in [0.5, 0.6) is 34.5 Å². The van der Waals surface area contributed by atoms with Crippen LogP contribution in [0.4, 0.5) is 11.4 Å². The van der Waals surface area contributed by atoms with Crippen LogP contribution in [0.2, 0.25) is 0 Å². The number of benzene rings is 8. The van der Waals surface area contributed by atoms with E-state index in [1.165, 1.54) is 0 Å². The highest BCUT2D eigenvalue weighted by Gasteiger charge is 2.22. The number of methoxy groups -OCH3 is 2. The fourth-order valence-electron chi connectivity index (χ4n) is 8.33. The van der Waals surface area contributed by atoms with Gasteiger partial charge in [-0.25, -0.2) is 0 Å². The van der Waals surface area contributed by atoms with Crippen LogP contribution in [0, 0.1) is 0 Å². The average molecular weight is 871 g/mol. The van der Waals surface area contributed by atoms with Gasteiger partial charge in [0.15, 0.2) is 0 Å². The molecule has 0 aromatic heterocycles. The first-order valence-electron chi connectivity index (χ1n) is 22.0. The molecule has 0 fully saturated rings. The summed E-state index contributed by atoms with van der Waals surface area (Å²) in [6.45, 7) is 0.663. The van der Waals surface area contributed by atoms with Crippen molar-refractivity contribution >= 4 is 23.8 Å². The molecule has 8 aromatic carbocycles. The molecule has 8 bridgehead atoms. The summed E-state index contributed by atoms with van der Waals surface area (Å²) in [4.78, 5) is 9.91. The van der Waals surface area contributed by atoms with Gasteiger partial charge in [0.1, 0.15) is 47.7 Å². The number of hydrogen-bond acceptors (Lipinski definition) is 8. The molecular weight excluding hydrogens is 821 g/mol. The summed E-state index contributed by atoms with van der Waals surface area (Å²) in [6, 6.07) is 55.6. The lowest BCUT2D eigenvalue weighted by Crippen LogP contribution is -2.06. The Bertz CT molecular complexity index is 2700. The summed E-state index contributed by atoms with van der Waals surface area (Å²) < 4.78 is 24.3. The molecule has 0 amide bonds. The van der Waals surface area contributed by atoms with Crippen LogP contribution >= 0.6 is 0 Å². The average Bonchev–Trinajstić information content (AvgIpc) is 3.35. The van der Waals surface area contributed by atoms with Crippen LogP contribution in [-0.2, 0) is 38.9 Å². The van der Waals surface area contributed by atoms with Crippen LogP contribution in [0.1, 0.15) is 66.8 Å². The number of fused-ring (bicyclic) bond motifs is 8. The molecule has 1 aliphatic rings. The van der Waals surface area contributed by atoms with Gasteiger partial charge >= 0.3 is 0 Å². The summed E-state index contributed by atoms with van der Waals surface area (Å²) in [6.07, 6.45) is 5.05. The number of rotatable bonds is 12. The van der Waals surface area contributed by atoms with Gasteiger partial charge in [0.2, 0.25) is 0 Å². The maximum Gasteiger partial charge on any atom is 0.126 e. The van der Waals surface area contributed by atoms with Gasteiger partial charge in [-0.05, 0) is 117 Å². The molecule has 0 saturated heterocycles. The predicted molar refractivity (Wildman–Crippen MR) is 262 cm³/mol. The maximum absolute atomic E-state index is 12.3. The van der Waals surface area contributed by atoms with E-state index < -0.39 is 0 Å². The van der Waals surface area contributed by atoms with Crippen LogP contribution in [0.3, 0.4) is 0 Å². The minimum Gasteiger partial charge on any atom is -0.507 e. The third-order valence-corrected chi connectivity index (χ3v) is 11.8. The number of hydrogen-bond donors (Lipinski definition) is 2. The van der Waals surface area contributed by atoms with Crippen LogP contribution in [-0.4, -0.2) is 36.9 Å². The second kappa shape index (κ2) is 20.2. The Morgan fingerprint density at radius 3 is 1.06 bits per heavy atom. The Kier molecular flexibility index (Phi) is 13.2. The van der Waals surface area contributed by atoms with Gasteiger partial charge in [-0.1, -0.05) is 97.1 Å². The summed E-state index contributed by atoms with van der Waals surface area (Å²) in [7, 11) is 3.30. The van der Waals surface area contributed by atoms with E-state index in [9.17, 15) is 10.2 Å². The molecule has 0 atom stereocenters. The molecule has 0 aliphatic heterocycles. The van der Waals surface area contributed by atoms with Gasteiger partial charge in [0.05, 0.1) is 25.6 Å². The number of ether oxygens (including phenoxy) is 4. The monoisotopic (exact) mass is 870 g/mol. The van der Waals surface area contributed by atoms with Crippen molar-refractivity contribution in [3.8, 4) is 34.5 Å². The Labute approximate surface area is 385 Å². The number of phenols is 2. The van der Waals surface area contributed by atoms with E-state index in [1.54, 1.807) is 14.2 Å². The van der Waals surface area contributed by atoms with E-state index in [0.29, 0.717) is 84.0 Å². The number of nitrogens with zero attached hydrogens (tertiary/aromatic N) is 2. The molecule has 66 heavy (non-hydrogen) atoms. The molecule has 2 N–H and O–H groups in total. The lowest BCUT2D eigenvalue weighted by atomic mass is 9.91. The standard InChI is InChI=1S/C58H50N2O6/c1-63-53-23-19-39(20-24-53)35-59-51-31-47-27-43-15-9-17-45(57(43)65-37-41-11-5-3-6-12-41)29-49-33-52(60-36-40-21-25-54(64-2)26-22-40)34-50(56(49)62)30-46-18-10-16-44(28-48(32-51)55(47)61)58(46)66-38-42-13-7-4-8-14-42/h3-26,31-36,61-62H,27-30,37-38H2,1-2H3. The third kappa shape index (κ3) is 10.3. The molecule has 1 aliphatic carbocycles. The smallest absolute Gasteiger partial charge is 0.126 e. The number of para-hydroxylation sites is 2. The van der Waals surface area contributed by atoms with Crippen LogP contribution in [0.15, 0.2) is 180 Å². The predicted octanol–water partition coefficient (Wildman–Crippen LogP) is 12.5. The SMILES string of the molecule is COc1ccc(C=Nc2cc3c(O)c(c2)Cc2cccc(c2OCc2ccccc2)Cc2cc(N=Cc4ccc(OC)cc4)cc(c2O)Cc2cccc(c2OCc2ccccc2)C3)cc1. The lowest BCUT2D eigenvalue weighted by molar-refractivity contribution is 0.300. The first-order valence-corrected chi connectivity index (χ1v) is 22.0. The van der Waals surface area contributed by atoms with E-state index >= 15 is 0 Å². The number of phenolic OH excluding ortho intramolecular Hbond substituents is 2. The Morgan fingerprint density at radius 2 is 0.742 bits per heavy atom. The zero-order valence-corrected chi connectivity index (χ0v) is 37.0. The van der Waals surface area contributed by atoms with Crippen molar-refractivity contribution in [1.82, 2.24) is 0 Å². The molecule has 8 nitrogen and oxygen atoms in total. The van der Waals surface area contributed by atoms with Gasteiger partial charge in [-0.15, -0.1) is 0 Å². The zero-order chi connectivity index (χ0) is 45.2. The first kappa shape index (κ1) is 43.2. The van der Waals surface area contributed by atoms with Crippen molar-refractivity contribution in [3.05, 3.63) is 237 Å². The van der Waals surface area contributed by atoms with E-state index in [0.717, 1.165) is 56.0 Å². The van der Waals surface area contributed by atoms with Crippen molar-refractivity contribution in [2.45, 2.75) is 38.9 Å². The normalized spacial score (nSPS) is 12.3. The maximum atomic E-state index is 12.3. The highest BCUT2D eigenvalue weighted by atomic mass is 16.5.